The number of nitrogens with zero attached hydrogens (tertiary/aromatic N) is 2. The van der Waals surface area contributed by atoms with Gasteiger partial charge < -0.3 is 18.8 Å². The molecule has 6 nitrogen and oxygen atoms in total. The summed E-state index contributed by atoms with van der Waals surface area (Å²) in [5.41, 5.74) is 0.820. The average Bonchev–Trinajstić information content (AvgIpc) is 2.75. The molecule has 0 atom stereocenters. The minimum Gasteiger partial charge on any atom is -0.492 e. The molecule has 2 aliphatic heterocycles. The number of rotatable bonds is 6. The zero-order valence-electron chi connectivity index (χ0n) is 16.3. The van der Waals surface area contributed by atoms with E-state index in [2.05, 4.69) is 4.90 Å². The van der Waals surface area contributed by atoms with E-state index >= 15 is 0 Å². The molecule has 0 spiro atoms. The molecule has 0 unspecified atom stereocenters. The van der Waals surface area contributed by atoms with Crippen LogP contribution in [0.2, 0.25) is 0 Å². The normalized spacial score (nSPS) is 18.2. The molecule has 3 heterocycles. The molecular weight excluding hydrogens is 356 g/mol. The van der Waals surface area contributed by atoms with Crippen molar-refractivity contribution in [2.75, 3.05) is 57.4 Å². The fraction of sp³-hybridized carbons (Fsp3) is 0.500. The van der Waals surface area contributed by atoms with Gasteiger partial charge in [-0.2, -0.15) is 0 Å². The van der Waals surface area contributed by atoms with Gasteiger partial charge in [-0.15, -0.1) is 0 Å². The lowest BCUT2D eigenvalue weighted by Crippen LogP contribution is -2.36. The van der Waals surface area contributed by atoms with Crippen LogP contribution >= 0.6 is 0 Å². The maximum atomic E-state index is 12.1. The van der Waals surface area contributed by atoms with Crippen molar-refractivity contribution in [2.45, 2.75) is 19.3 Å². The Morgan fingerprint density at radius 1 is 0.929 bits per heavy atom. The van der Waals surface area contributed by atoms with Crippen molar-refractivity contribution in [2.24, 2.45) is 0 Å². The minimum absolute atomic E-state index is 0.0513. The van der Waals surface area contributed by atoms with E-state index in [1.165, 1.54) is 38.4 Å². The SMILES string of the molecule is O=c1cc(-c2ccc(OCCN3CCCCC3)cc2)oc(N2CCOCC2)c1. The van der Waals surface area contributed by atoms with Crippen molar-refractivity contribution in [3.63, 3.8) is 0 Å². The molecule has 0 bridgehead atoms. The van der Waals surface area contributed by atoms with Gasteiger partial charge in [0.05, 0.1) is 13.2 Å². The van der Waals surface area contributed by atoms with Gasteiger partial charge in [-0.3, -0.25) is 9.69 Å². The van der Waals surface area contributed by atoms with Crippen LogP contribution < -0.4 is 15.1 Å². The van der Waals surface area contributed by atoms with Crippen molar-refractivity contribution >= 4 is 5.88 Å². The van der Waals surface area contributed by atoms with Gasteiger partial charge in [0, 0.05) is 37.3 Å². The van der Waals surface area contributed by atoms with Gasteiger partial charge in [-0.25, -0.2) is 0 Å². The molecule has 0 saturated carbocycles. The fourth-order valence-corrected chi connectivity index (χ4v) is 3.74. The van der Waals surface area contributed by atoms with Crippen LogP contribution in [0, 0.1) is 0 Å². The van der Waals surface area contributed by atoms with Crippen LogP contribution in [0.3, 0.4) is 0 Å². The number of anilines is 1. The van der Waals surface area contributed by atoms with E-state index < -0.39 is 0 Å². The smallest absolute Gasteiger partial charge is 0.200 e. The number of ether oxygens (including phenoxy) is 2. The lowest BCUT2D eigenvalue weighted by molar-refractivity contribution is 0.120. The summed E-state index contributed by atoms with van der Waals surface area (Å²) in [7, 11) is 0. The summed E-state index contributed by atoms with van der Waals surface area (Å²) in [4.78, 5) is 16.6. The molecule has 0 amide bonds. The Balaban J connectivity index is 1.39. The fourth-order valence-electron chi connectivity index (χ4n) is 3.74. The predicted molar refractivity (Wildman–Crippen MR) is 109 cm³/mol. The summed E-state index contributed by atoms with van der Waals surface area (Å²) < 4.78 is 17.3. The molecule has 150 valence electrons. The summed E-state index contributed by atoms with van der Waals surface area (Å²) in [5.74, 6) is 2.02. The van der Waals surface area contributed by atoms with E-state index in [4.69, 9.17) is 13.9 Å². The number of likely N-dealkylation sites (tertiary alicyclic amines) is 1. The largest absolute Gasteiger partial charge is 0.492 e. The second-order valence-corrected chi connectivity index (χ2v) is 7.37. The molecule has 6 heteroatoms. The monoisotopic (exact) mass is 384 g/mol. The molecule has 1 aromatic heterocycles. The van der Waals surface area contributed by atoms with Crippen LogP contribution in [0.25, 0.3) is 11.3 Å². The Kier molecular flexibility index (Phi) is 6.29. The molecule has 0 N–H and O–H groups in total. The Hall–Kier alpha value is -2.31. The molecule has 0 radical (unpaired) electrons. The number of benzene rings is 1. The topological polar surface area (TPSA) is 55.2 Å². The first-order valence-corrected chi connectivity index (χ1v) is 10.2. The van der Waals surface area contributed by atoms with Gasteiger partial charge in [0.25, 0.3) is 0 Å². The summed E-state index contributed by atoms with van der Waals surface area (Å²) in [6.07, 6.45) is 3.94. The van der Waals surface area contributed by atoms with Crippen molar-refractivity contribution in [1.82, 2.24) is 4.90 Å². The Morgan fingerprint density at radius 3 is 2.43 bits per heavy atom. The van der Waals surface area contributed by atoms with Gasteiger partial charge in [-0.05, 0) is 50.2 Å². The summed E-state index contributed by atoms with van der Waals surface area (Å²) in [6, 6.07) is 10.8. The number of piperidine rings is 1. The average molecular weight is 384 g/mol. The first-order valence-electron chi connectivity index (χ1n) is 10.2. The van der Waals surface area contributed by atoms with Gasteiger partial charge >= 0.3 is 0 Å². The third kappa shape index (κ3) is 4.94. The number of hydrogen-bond acceptors (Lipinski definition) is 6. The predicted octanol–water partition coefficient (Wildman–Crippen LogP) is 3.01. The van der Waals surface area contributed by atoms with Crippen LogP contribution in [0.5, 0.6) is 5.75 Å². The van der Waals surface area contributed by atoms with Gasteiger partial charge in [0.2, 0.25) is 0 Å². The number of morpholine rings is 1. The van der Waals surface area contributed by atoms with E-state index in [0.29, 0.717) is 31.5 Å². The number of hydrogen-bond donors (Lipinski definition) is 0. The molecule has 28 heavy (non-hydrogen) atoms. The highest BCUT2D eigenvalue weighted by Gasteiger charge is 2.15. The van der Waals surface area contributed by atoms with E-state index in [1.807, 2.05) is 29.2 Å². The molecule has 2 aliphatic rings. The molecule has 4 rings (SSSR count). The summed E-state index contributed by atoms with van der Waals surface area (Å²) in [6.45, 7) is 6.79. The highest BCUT2D eigenvalue weighted by atomic mass is 16.5. The Labute approximate surface area is 165 Å². The van der Waals surface area contributed by atoms with Crippen LogP contribution in [0.4, 0.5) is 5.88 Å². The Bertz CT molecular complexity index is 806. The van der Waals surface area contributed by atoms with Crippen LogP contribution in [0.15, 0.2) is 45.6 Å². The van der Waals surface area contributed by atoms with Crippen LogP contribution in [-0.2, 0) is 4.74 Å². The third-order valence-electron chi connectivity index (χ3n) is 5.34. The van der Waals surface area contributed by atoms with E-state index in [9.17, 15) is 4.79 Å². The third-order valence-corrected chi connectivity index (χ3v) is 5.34. The summed E-state index contributed by atoms with van der Waals surface area (Å²) in [5, 5.41) is 0. The maximum Gasteiger partial charge on any atom is 0.200 e. The van der Waals surface area contributed by atoms with Crippen molar-refractivity contribution in [3.05, 3.63) is 46.6 Å². The molecule has 1 aromatic carbocycles. The minimum atomic E-state index is -0.0513. The quantitative estimate of drug-likeness (QED) is 0.763. The maximum absolute atomic E-state index is 12.1. The first kappa shape index (κ1) is 19.0. The van der Waals surface area contributed by atoms with E-state index in [0.717, 1.165) is 30.9 Å². The van der Waals surface area contributed by atoms with Crippen LogP contribution in [0.1, 0.15) is 19.3 Å². The molecule has 2 fully saturated rings. The van der Waals surface area contributed by atoms with E-state index in [1.54, 1.807) is 6.07 Å². The Morgan fingerprint density at radius 2 is 1.68 bits per heavy atom. The zero-order chi connectivity index (χ0) is 19.2. The van der Waals surface area contributed by atoms with Crippen molar-refractivity contribution in [3.8, 4) is 17.1 Å². The second-order valence-electron chi connectivity index (χ2n) is 7.37. The second kappa shape index (κ2) is 9.26. The molecule has 0 aliphatic carbocycles. The lowest BCUT2D eigenvalue weighted by atomic mass is 10.1. The molecular formula is C22H28N2O4. The highest BCUT2D eigenvalue weighted by Crippen LogP contribution is 2.25. The summed E-state index contributed by atoms with van der Waals surface area (Å²) >= 11 is 0. The van der Waals surface area contributed by atoms with Crippen molar-refractivity contribution in [1.29, 1.82) is 0 Å². The van der Waals surface area contributed by atoms with Crippen LogP contribution in [-0.4, -0.2) is 57.4 Å². The molecule has 2 saturated heterocycles. The zero-order valence-corrected chi connectivity index (χ0v) is 16.3. The van der Waals surface area contributed by atoms with Crippen molar-refractivity contribution < 1.29 is 13.9 Å². The first-order chi connectivity index (χ1) is 13.8. The van der Waals surface area contributed by atoms with Gasteiger partial charge in [0.15, 0.2) is 11.3 Å². The standard InChI is InChI=1S/C22H28N2O4/c25-19-16-21(28-22(17-19)24-11-13-26-14-12-24)18-4-6-20(7-5-18)27-15-10-23-8-2-1-3-9-23/h4-7,16-17H,1-3,8-15H2. The highest BCUT2D eigenvalue weighted by molar-refractivity contribution is 5.59. The van der Waals surface area contributed by atoms with E-state index in [-0.39, 0.29) is 5.43 Å². The molecule has 2 aromatic rings. The lowest BCUT2D eigenvalue weighted by Gasteiger charge is -2.27. The van der Waals surface area contributed by atoms with Gasteiger partial charge in [-0.1, -0.05) is 6.42 Å². The van der Waals surface area contributed by atoms with Gasteiger partial charge in [0.1, 0.15) is 18.1 Å².